The third-order valence-corrected chi connectivity index (χ3v) is 6.63. The number of carboxylic acids is 1. The van der Waals surface area contributed by atoms with Gasteiger partial charge in [-0.2, -0.15) is 0 Å². The third-order valence-electron chi connectivity index (χ3n) is 6.38. The number of fused-ring (bicyclic) bond motifs is 2. The van der Waals surface area contributed by atoms with E-state index in [0.29, 0.717) is 30.3 Å². The zero-order valence-electron chi connectivity index (χ0n) is 16.9. The van der Waals surface area contributed by atoms with Gasteiger partial charge in [-0.05, 0) is 48.6 Å². The highest BCUT2D eigenvalue weighted by molar-refractivity contribution is 6.30. The lowest BCUT2D eigenvalue weighted by Crippen LogP contribution is -2.53. The second-order valence-electron chi connectivity index (χ2n) is 8.11. The van der Waals surface area contributed by atoms with Crippen LogP contribution in [-0.4, -0.2) is 41.5 Å². The smallest absolute Gasteiger partial charge is 0.328 e. The number of hydrogen-bond donors (Lipinski definition) is 2. The number of piperidine rings is 1. The monoisotopic (exact) mass is 428 g/mol. The Kier molecular flexibility index (Phi) is 5.57. The van der Waals surface area contributed by atoms with Gasteiger partial charge in [-0.25, -0.2) is 4.79 Å². The van der Waals surface area contributed by atoms with Gasteiger partial charge in [0.1, 0.15) is 5.54 Å². The Bertz CT molecular complexity index is 954. The number of amides is 1. The van der Waals surface area contributed by atoms with Crippen LogP contribution in [0.1, 0.15) is 36.5 Å². The maximum absolute atomic E-state index is 12.8. The molecule has 30 heavy (non-hydrogen) atoms. The lowest BCUT2D eigenvalue weighted by Gasteiger charge is -2.39. The molecular weight excluding hydrogens is 404 g/mol. The second kappa shape index (κ2) is 8.02. The fourth-order valence-corrected chi connectivity index (χ4v) is 4.49. The topological polar surface area (TPSA) is 78.9 Å². The van der Waals surface area contributed by atoms with Crippen molar-refractivity contribution in [3.8, 4) is 0 Å². The molecule has 4 rings (SSSR count). The van der Waals surface area contributed by atoms with Crippen LogP contribution < -0.4 is 5.32 Å². The maximum atomic E-state index is 12.8. The van der Waals surface area contributed by atoms with E-state index in [2.05, 4.69) is 17.4 Å². The molecule has 7 heteroatoms. The number of carbonyl (C=O) groups is 2. The molecule has 1 spiro atoms. The molecule has 2 aromatic carbocycles. The molecule has 1 fully saturated rings. The first-order valence-electron chi connectivity index (χ1n) is 10.1. The number of aliphatic carboxylic acids is 1. The quantitative estimate of drug-likeness (QED) is 0.764. The van der Waals surface area contributed by atoms with Crippen molar-refractivity contribution in [3.63, 3.8) is 0 Å². The zero-order valence-corrected chi connectivity index (χ0v) is 17.6. The van der Waals surface area contributed by atoms with E-state index in [4.69, 9.17) is 16.3 Å². The van der Waals surface area contributed by atoms with E-state index in [1.54, 1.807) is 36.1 Å². The lowest BCUT2D eigenvalue weighted by atomic mass is 9.84. The summed E-state index contributed by atoms with van der Waals surface area (Å²) < 4.78 is 6.15. The van der Waals surface area contributed by atoms with Gasteiger partial charge in [-0.15, -0.1) is 0 Å². The van der Waals surface area contributed by atoms with Crippen molar-refractivity contribution in [2.75, 3.05) is 19.6 Å². The van der Waals surface area contributed by atoms with Crippen LogP contribution in [0.5, 0.6) is 0 Å². The molecule has 1 amide bonds. The normalized spacial score (nSPS) is 19.3. The molecule has 0 aliphatic carbocycles. The van der Waals surface area contributed by atoms with Crippen LogP contribution >= 0.6 is 11.6 Å². The Balaban J connectivity index is 1.39. The molecule has 2 N–H and O–H groups in total. The molecule has 0 radical (unpaired) electrons. The number of halogens is 1. The van der Waals surface area contributed by atoms with E-state index < -0.39 is 11.5 Å². The second-order valence-corrected chi connectivity index (χ2v) is 8.55. The zero-order chi connectivity index (χ0) is 21.4. The summed E-state index contributed by atoms with van der Waals surface area (Å²) in [7, 11) is 0. The van der Waals surface area contributed by atoms with Crippen molar-refractivity contribution in [1.82, 2.24) is 10.2 Å². The molecule has 0 saturated carbocycles. The van der Waals surface area contributed by atoms with E-state index in [0.717, 1.165) is 12.8 Å². The number of nitrogens with zero attached hydrogens (tertiary/aromatic N) is 1. The van der Waals surface area contributed by atoms with Crippen LogP contribution in [0.4, 0.5) is 0 Å². The first kappa shape index (κ1) is 20.8. The molecule has 2 aliphatic rings. The largest absolute Gasteiger partial charge is 0.480 e. The molecule has 0 unspecified atom stereocenters. The fourth-order valence-electron chi connectivity index (χ4n) is 4.36. The number of benzene rings is 2. The summed E-state index contributed by atoms with van der Waals surface area (Å²) in [4.78, 5) is 26.5. The molecule has 6 nitrogen and oxygen atoms in total. The van der Waals surface area contributed by atoms with Crippen LogP contribution in [0.3, 0.4) is 0 Å². The highest BCUT2D eigenvalue weighted by Gasteiger charge is 2.43. The summed E-state index contributed by atoms with van der Waals surface area (Å²) in [6.07, 6.45) is 1.48. The van der Waals surface area contributed by atoms with E-state index in [-0.39, 0.29) is 18.1 Å². The maximum Gasteiger partial charge on any atom is 0.328 e. The SMILES string of the molecule is C[C@](NCC(=O)N1CCC2(CC1)OCc1ccccc12)(C(=O)O)c1ccc(Cl)cc1. The lowest BCUT2D eigenvalue weighted by molar-refractivity contribution is -0.145. The first-order valence-corrected chi connectivity index (χ1v) is 10.5. The molecule has 0 bridgehead atoms. The number of carboxylic acid groups (broad SMARTS) is 1. The molecule has 1 atom stereocenters. The number of rotatable bonds is 5. The predicted molar refractivity (Wildman–Crippen MR) is 113 cm³/mol. The van der Waals surface area contributed by atoms with Crippen LogP contribution in [0.2, 0.25) is 5.02 Å². The number of likely N-dealkylation sites (tertiary alicyclic amines) is 1. The molecule has 2 aromatic rings. The number of nitrogens with one attached hydrogen (secondary N) is 1. The van der Waals surface area contributed by atoms with E-state index in [1.807, 2.05) is 12.1 Å². The highest BCUT2D eigenvalue weighted by Crippen LogP contribution is 2.43. The molecule has 1 saturated heterocycles. The van der Waals surface area contributed by atoms with E-state index in [9.17, 15) is 14.7 Å². The van der Waals surface area contributed by atoms with Crippen LogP contribution in [0.15, 0.2) is 48.5 Å². The van der Waals surface area contributed by atoms with Gasteiger partial charge < -0.3 is 14.7 Å². The summed E-state index contributed by atoms with van der Waals surface area (Å²) in [5.74, 6) is -1.16. The summed E-state index contributed by atoms with van der Waals surface area (Å²) >= 11 is 5.91. The highest BCUT2D eigenvalue weighted by atomic mass is 35.5. The molecule has 2 aliphatic heterocycles. The minimum absolute atomic E-state index is 0.0597. The summed E-state index contributed by atoms with van der Waals surface area (Å²) in [5, 5.41) is 13.2. The van der Waals surface area contributed by atoms with Crippen LogP contribution in [-0.2, 0) is 32.1 Å². The Hall–Kier alpha value is -2.41. The fraction of sp³-hybridized carbons (Fsp3) is 0.391. The molecule has 0 aromatic heterocycles. The van der Waals surface area contributed by atoms with Crippen LogP contribution in [0, 0.1) is 0 Å². The van der Waals surface area contributed by atoms with Crippen molar-refractivity contribution in [3.05, 3.63) is 70.2 Å². The Morgan fingerprint density at radius 2 is 1.83 bits per heavy atom. The third kappa shape index (κ3) is 3.71. The van der Waals surface area contributed by atoms with Gasteiger partial charge in [0.25, 0.3) is 0 Å². The molecule has 2 heterocycles. The van der Waals surface area contributed by atoms with Crippen molar-refractivity contribution < 1.29 is 19.4 Å². The Labute approximate surface area is 180 Å². The minimum atomic E-state index is -1.38. The van der Waals surface area contributed by atoms with Gasteiger partial charge >= 0.3 is 5.97 Å². The van der Waals surface area contributed by atoms with Crippen molar-refractivity contribution in [2.45, 2.75) is 37.5 Å². The van der Waals surface area contributed by atoms with Gasteiger partial charge in [0, 0.05) is 18.1 Å². The first-order chi connectivity index (χ1) is 14.3. The standard InChI is InChI=1S/C23H25ClN2O4/c1-22(21(28)29,17-6-8-18(24)9-7-17)25-14-20(27)26-12-10-23(11-13-26)19-5-3-2-4-16(19)15-30-23/h2-9,25H,10-15H2,1H3,(H,28,29)/t22-/m1/s1. The van der Waals surface area contributed by atoms with Crippen molar-refractivity contribution in [1.29, 1.82) is 0 Å². The predicted octanol–water partition coefficient (Wildman–Crippen LogP) is 3.28. The average Bonchev–Trinajstić information content (AvgIpc) is 3.11. The van der Waals surface area contributed by atoms with Crippen molar-refractivity contribution >= 4 is 23.5 Å². The summed E-state index contributed by atoms with van der Waals surface area (Å²) in [6, 6.07) is 14.9. The minimum Gasteiger partial charge on any atom is -0.480 e. The van der Waals surface area contributed by atoms with Gasteiger partial charge in [-0.1, -0.05) is 48.0 Å². The molecular formula is C23H25ClN2O4. The van der Waals surface area contributed by atoms with Gasteiger partial charge in [-0.3, -0.25) is 10.1 Å². The average molecular weight is 429 g/mol. The van der Waals surface area contributed by atoms with Gasteiger partial charge in [0.2, 0.25) is 5.91 Å². The summed E-state index contributed by atoms with van der Waals surface area (Å²) in [6.45, 7) is 3.28. The van der Waals surface area contributed by atoms with Crippen molar-refractivity contribution in [2.24, 2.45) is 0 Å². The van der Waals surface area contributed by atoms with Crippen LogP contribution in [0.25, 0.3) is 0 Å². The van der Waals surface area contributed by atoms with E-state index >= 15 is 0 Å². The Morgan fingerprint density at radius 1 is 1.17 bits per heavy atom. The Morgan fingerprint density at radius 3 is 2.50 bits per heavy atom. The number of ether oxygens (including phenoxy) is 1. The van der Waals surface area contributed by atoms with E-state index in [1.165, 1.54) is 11.1 Å². The van der Waals surface area contributed by atoms with Gasteiger partial charge in [0.15, 0.2) is 0 Å². The van der Waals surface area contributed by atoms with Gasteiger partial charge in [0.05, 0.1) is 18.8 Å². The number of hydrogen-bond acceptors (Lipinski definition) is 4. The number of carbonyl (C=O) groups excluding carboxylic acids is 1. The molecule has 158 valence electrons. The summed E-state index contributed by atoms with van der Waals surface area (Å²) in [5.41, 5.74) is 1.31.